The van der Waals surface area contributed by atoms with Gasteiger partial charge in [0.25, 0.3) is 5.91 Å². The van der Waals surface area contributed by atoms with E-state index >= 15 is 0 Å². The lowest BCUT2D eigenvalue weighted by molar-refractivity contribution is -0.123. The number of carbonyl (C=O) groups excluding carboxylic acids is 2. The number of aromatic nitrogens is 1. The molecule has 0 aliphatic carbocycles. The summed E-state index contributed by atoms with van der Waals surface area (Å²) in [4.78, 5) is 27.1. The zero-order valence-corrected chi connectivity index (χ0v) is 12.9. The maximum atomic E-state index is 11.7. The van der Waals surface area contributed by atoms with E-state index in [9.17, 15) is 9.59 Å². The second kappa shape index (κ2) is 7.36. The van der Waals surface area contributed by atoms with E-state index in [-0.39, 0.29) is 18.4 Å². The molecule has 0 bridgehead atoms. The molecule has 2 amide bonds. The molecule has 7 nitrogen and oxygen atoms in total. The Balaban J connectivity index is 1.49. The van der Waals surface area contributed by atoms with Crippen LogP contribution in [0.3, 0.4) is 0 Å². The summed E-state index contributed by atoms with van der Waals surface area (Å²) in [6, 6.07) is 10.7. The maximum absolute atomic E-state index is 11.7. The molecule has 0 atom stereocenters. The number of ether oxygens (including phenoxy) is 1. The molecule has 7 heteroatoms. The largest absolute Gasteiger partial charge is 0.484 e. The highest BCUT2D eigenvalue weighted by molar-refractivity contribution is 5.94. The van der Waals surface area contributed by atoms with Crippen molar-refractivity contribution in [2.75, 3.05) is 11.9 Å². The topological polar surface area (TPSA) is 92.7 Å². The van der Waals surface area contributed by atoms with Crippen molar-refractivity contribution in [3.05, 3.63) is 53.9 Å². The molecule has 24 heavy (non-hydrogen) atoms. The van der Waals surface area contributed by atoms with Gasteiger partial charge in [-0.3, -0.25) is 14.6 Å². The highest BCUT2D eigenvalue weighted by atomic mass is 16.5. The molecule has 3 rings (SSSR count). The highest BCUT2D eigenvalue weighted by Gasteiger charge is 2.15. The average molecular weight is 324 g/mol. The van der Waals surface area contributed by atoms with Gasteiger partial charge in [-0.1, -0.05) is 6.07 Å². The molecule has 1 aliphatic rings. The minimum atomic E-state index is -0.367. The molecule has 0 saturated carbocycles. The first-order chi connectivity index (χ1) is 11.7. The van der Waals surface area contributed by atoms with Gasteiger partial charge in [-0.2, -0.15) is 5.10 Å². The number of benzene rings is 1. The van der Waals surface area contributed by atoms with Crippen LogP contribution in [-0.2, 0) is 16.0 Å². The Bertz CT molecular complexity index is 775. The lowest BCUT2D eigenvalue weighted by Gasteiger charge is -2.17. The minimum absolute atomic E-state index is 0.0151. The number of hydrogen-bond donors (Lipinski definition) is 2. The Kier molecular flexibility index (Phi) is 4.81. The normalized spacial score (nSPS) is 13.2. The number of hydrogen-bond acceptors (Lipinski definition) is 5. The van der Waals surface area contributed by atoms with Gasteiger partial charge in [-0.15, -0.1) is 0 Å². The summed E-state index contributed by atoms with van der Waals surface area (Å²) in [6.45, 7) is -0.148. The van der Waals surface area contributed by atoms with Gasteiger partial charge in [0.05, 0.1) is 11.9 Å². The second-order valence-electron chi connectivity index (χ2n) is 5.20. The number of anilines is 1. The molecule has 2 N–H and O–H groups in total. The molecule has 0 radical (unpaired) electrons. The number of nitrogens with zero attached hydrogens (tertiary/aromatic N) is 2. The third-order valence-electron chi connectivity index (χ3n) is 3.42. The van der Waals surface area contributed by atoms with Crippen molar-refractivity contribution in [3.63, 3.8) is 0 Å². The van der Waals surface area contributed by atoms with Crippen LogP contribution in [0.1, 0.15) is 17.7 Å². The van der Waals surface area contributed by atoms with Crippen LogP contribution in [0.15, 0.2) is 47.7 Å². The third kappa shape index (κ3) is 4.16. The van der Waals surface area contributed by atoms with Gasteiger partial charge in [-0.05, 0) is 42.3 Å². The molecule has 122 valence electrons. The molecule has 0 saturated heterocycles. The van der Waals surface area contributed by atoms with Crippen molar-refractivity contribution >= 4 is 23.7 Å². The Morgan fingerprint density at radius 2 is 2.25 bits per heavy atom. The number of fused-ring (bicyclic) bond motifs is 1. The number of pyridine rings is 1. The predicted octanol–water partition coefficient (Wildman–Crippen LogP) is 1.50. The van der Waals surface area contributed by atoms with E-state index in [4.69, 9.17) is 4.74 Å². The number of nitrogens with one attached hydrogen (secondary N) is 2. The number of aryl methyl sites for hydroxylation is 1. The van der Waals surface area contributed by atoms with Crippen molar-refractivity contribution in [2.24, 2.45) is 5.10 Å². The molecular weight excluding hydrogens is 308 g/mol. The van der Waals surface area contributed by atoms with Crippen molar-refractivity contribution < 1.29 is 14.3 Å². The summed E-state index contributed by atoms with van der Waals surface area (Å²) < 4.78 is 5.45. The van der Waals surface area contributed by atoms with E-state index in [1.54, 1.807) is 30.5 Å². The fourth-order valence-electron chi connectivity index (χ4n) is 2.25. The van der Waals surface area contributed by atoms with Gasteiger partial charge in [0.1, 0.15) is 5.75 Å². The van der Waals surface area contributed by atoms with Crippen LogP contribution in [0.4, 0.5) is 5.69 Å². The van der Waals surface area contributed by atoms with E-state index in [2.05, 4.69) is 20.8 Å². The fraction of sp³-hybridized carbons (Fsp3) is 0.176. The summed E-state index contributed by atoms with van der Waals surface area (Å²) in [6.07, 6.45) is 4.22. The Hall–Kier alpha value is -3.22. The Labute approximate surface area is 138 Å². The molecule has 0 spiro atoms. The molecular formula is C17H16N4O3. The predicted molar refractivity (Wildman–Crippen MR) is 88.9 cm³/mol. The maximum Gasteiger partial charge on any atom is 0.277 e. The van der Waals surface area contributed by atoms with Crippen LogP contribution in [0.25, 0.3) is 0 Å². The van der Waals surface area contributed by atoms with Crippen LogP contribution in [0, 0.1) is 0 Å². The number of hydrazone groups is 1. The van der Waals surface area contributed by atoms with E-state index in [1.165, 1.54) is 6.21 Å². The zero-order chi connectivity index (χ0) is 16.8. The van der Waals surface area contributed by atoms with Gasteiger partial charge >= 0.3 is 0 Å². The molecule has 0 unspecified atom stereocenters. The lowest BCUT2D eigenvalue weighted by atomic mass is 10.0. The van der Waals surface area contributed by atoms with Crippen LogP contribution >= 0.6 is 0 Å². The van der Waals surface area contributed by atoms with Crippen molar-refractivity contribution in [2.45, 2.75) is 12.8 Å². The van der Waals surface area contributed by atoms with E-state index in [0.717, 1.165) is 11.3 Å². The van der Waals surface area contributed by atoms with Gasteiger partial charge in [-0.25, -0.2) is 5.43 Å². The van der Waals surface area contributed by atoms with Gasteiger partial charge in [0.15, 0.2) is 6.61 Å². The first-order valence-electron chi connectivity index (χ1n) is 7.49. The van der Waals surface area contributed by atoms with Crippen molar-refractivity contribution in [1.82, 2.24) is 10.4 Å². The summed E-state index contributed by atoms with van der Waals surface area (Å²) in [5.74, 6) is 0.225. The van der Waals surface area contributed by atoms with Gasteiger partial charge < -0.3 is 10.1 Å². The van der Waals surface area contributed by atoms with Crippen LogP contribution in [0.5, 0.6) is 5.75 Å². The second-order valence-corrected chi connectivity index (χ2v) is 5.20. The van der Waals surface area contributed by atoms with Crippen molar-refractivity contribution in [3.8, 4) is 5.75 Å². The number of amides is 2. The van der Waals surface area contributed by atoms with Crippen LogP contribution < -0.4 is 15.5 Å². The lowest BCUT2D eigenvalue weighted by Crippen LogP contribution is -2.25. The quantitative estimate of drug-likeness (QED) is 0.644. The van der Waals surface area contributed by atoms with Crippen LogP contribution in [-0.4, -0.2) is 29.6 Å². The average Bonchev–Trinajstić information content (AvgIpc) is 2.61. The van der Waals surface area contributed by atoms with Gasteiger partial charge in [0, 0.05) is 18.3 Å². The Morgan fingerprint density at radius 1 is 1.33 bits per heavy atom. The van der Waals surface area contributed by atoms with E-state index in [1.807, 2.05) is 12.1 Å². The summed E-state index contributed by atoms with van der Waals surface area (Å²) in [5, 5.41) is 6.61. The first-order valence-corrected chi connectivity index (χ1v) is 7.49. The number of rotatable bonds is 5. The fourth-order valence-corrected chi connectivity index (χ4v) is 2.25. The van der Waals surface area contributed by atoms with E-state index < -0.39 is 0 Å². The monoisotopic (exact) mass is 324 g/mol. The standard InChI is InChI=1S/C17H16N4O3/c22-16-7-4-12-9-14(5-6-15(12)20-16)24-11-17(23)21-19-10-13-3-1-2-8-18-13/h1-3,5-6,8-10H,4,7,11H2,(H,20,22)(H,21,23)/b19-10+. The smallest absolute Gasteiger partial charge is 0.277 e. The number of carbonyl (C=O) groups is 2. The molecule has 0 fully saturated rings. The first kappa shape index (κ1) is 15.7. The molecule has 1 aliphatic heterocycles. The third-order valence-corrected chi connectivity index (χ3v) is 3.42. The molecule has 2 aromatic rings. The van der Waals surface area contributed by atoms with Gasteiger partial charge in [0.2, 0.25) is 5.91 Å². The zero-order valence-electron chi connectivity index (χ0n) is 12.9. The van der Waals surface area contributed by atoms with E-state index in [0.29, 0.717) is 24.3 Å². The highest BCUT2D eigenvalue weighted by Crippen LogP contribution is 2.26. The van der Waals surface area contributed by atoms with Crippen LogP contribution in [0.2, 0.25) is 0 Å². The molecule has 1 aromatic heterocycles. The summed E-state index contributed by atoms with van der Waals surface area (Å²) in [7, 11) is 0. The minimum Gasteiger partial charge on any atom is -0.484 e. The molecule has 2 heterocycles. The SMILES string of the molecule is O=C(COc1ccc2c(c1)CCC(=O)N2)N/N=C/c1ccccn1. The van der Waals surface area contributed by atoms with Crippen molar-refractivity contribution in [1.29, 1.82) is 0 Å². The summed E-state index contributed by atoms with van der Waals surface area (Å²) >= 11 is 0. The molecule has 1 aromatic carbocycles. The Morgan fingerprint density at radius 3 is 3.08 bits per heavy atom. The summed E-state index contributed by atoms with van der Waals surface area (Å²) in [5.41, 5.74) is 4.82.